The first-order chi connectivity index (χ1) is 15.2. The number of rotatable bonds is 2. The third kappa shape index (κ3) is 2.57. The topological polar surface area (TPSA) is 98.0 Å². The fourth-order valence-corrected chi connectivity index (χ4v) is 5.12. The van der Waals surface area contributed by atoms with Crippen LogP contribution in [0.1, 0.15) is 44.6 Å². The van der Waals surface area contributed by atoms with E-state index in [1.807, 2.05) is 39.8 Å². The van der Waals surface area contributed by atoms with Crippen molar-refractivity contribution in [3.8, 4) is 17.0 Å². The number of nitrogens with zero attached hydrogens (tertiary/aromatic N) is 2. The Balaban J connectivity index is 2.02. The van der Waals surface area contributed by atoms with Crippen LogP contribution in [0.25, 0.3) is 11.3 Å². The van der Waals surface area contributed by atoms with E-state index in [-0.39, 0.29) is 5.75 Å². The number of hydrogen-bond acceptors (Lipinski definition) is 5. The summed E-state index contributed by atoms with van der Waals surface area (Å²) in [5.41, 5.74) is 23.1. The Labute approximate surface area is 187 Å². The molecular formula is C27H26N4O. The molecule has 1 heterocycles. The predicted octanol–water partition coefficient (Wildman–Crippen LogP) is 4.94. The molecule has 0 unspecified atom stereocenters. The smallest absolute Gasteiger partial charge is 0.115 e. The SMILES string of the molecule is Cc1cc(C2(c3cc(C)c(N)c(C)c3)c3cc(O)ccc3-c3nccnc32)cc(C)c1N. The Hall–Kier alpha value is -3.86. The van der Waals surface area contributed by atoms with Crippen molar-refractivity contribution in [3.63, 3.8) is 0 Å². The minimum Gasteiger partial charge on any atom is -0.508 e. The molecule has 0 atom stereocenters. The molecule has 3 aromatic carbocycles. The zero-order chi connectivity index (χ0) is 22.8. The van der Waals surface area contributed by atoms with E-state index < -0.39 is 5.41 Å². The molecule has 32 heavy (non-hydrogen) atoms. The fourth-order valence-electron chi connectivity index (χ4n) is 5.12. The Kier molecular flexibility index (Phi) is 4.28. The molecule has 1 aromatic heterocycles. The van der Waals surface area contributed by atoms with E-state index in [2.05, 4.69) is 24.3 Å². The van der Waals surface area contributed by atoms with Gasteiger partial charge < -0.3 is 16.6 Å². The molecule has 0 radical (unpaired) electrons. The van der Waals surface area contributed by atoms with Gasteiger partial charge in [0.1, 0.15) is 5.75 Å². The fraction of sp³-hybridized carbons (Fsp3) is 0.185. The Morgan fingerprint density at radius 2 is 1.22 bits per heavy atom. The summed E-state index contributed by atoms with van der Waals surface area (Å²) in [5, 5.41) is 10.5. The van der Waals surface area contributed by atoms with Gasteiger partial charge in [-0.1, -0.05) is 24.3 Å². The number of fused-ring (bicyclic) bond motifs is 3. The van der Waals surface area contributed by atoms with Gasteiger partial charge in [0.15, 0.2) is 0 Å². The van der Waals surface area contributed by atoms with Crippen LogP contribution in [0.15, 0.2) is 54.9 Å². The molecule has 0 saturated carbocycles. The first-order valence-electron chi connectivity index (χ1n) is 10.6. The van der Waals surface area contributed by atoms with Crippen LogP contribution in [0, 0.1) is 27.7 Å². The molecule has 160 valence electrons. The van der Waals surface area contributed by atoms with Crippen LogP contribution in [0.3, 0.4) is 0 Å². The highest BCUT2D eigenvalue weighted by molar-refractivity contribution is 5.84. The zero-order valence-electron chi connectivity index (χ0n) is 18.7. The maximum Gasteiger partial charge on any atom is 0.115 e. The normalized spacial score (nSPS) is 13.6. The van der Waals surface area contributed by atoms with Crippen molar-refractivity contribution < 1.29 is 5.11 Å². The highest BCUT2D eigenvalue weighted by Crippen LogP contribution is 2.56. The third-order valence-corrected chi connectivity index (χ3v) is 6.77. The molecule has 4 aromatic rings. The number of aromatic hydroxyl groups is 1. The number of nitrogen functional groups attached to an aromatic ring is 2. The first-order valence-corrected chi connectivity index (χ1v) is 10.6. The van der Waals surface area contributed by atoms with E-state index in [1.165, 1.54) is 0 Å². The predicted molar refractivity (Wildman–Crippen MR) is 129 cm³/mol. The molecule has 0 amide bonds. The number of phenols is 1. The number of aryl methyl sites for hydroxylation is 4. The highest BCUT2D eigenvalue weighted by atomic mass is 16.3. The van der Waals surface area contributed by atoms with Crippen LogP contribution in [0.2, 0.25) is 0 Å². The second-order valence-corrected chi connectivity index (χ2v) is 8.78. The minimum absolute atomic E-state index is 0.203. The maximum absolute atomic E-state index is 10.5. The van der Waals surface area contributed by atoms with Crippen LogP contribution in [-0.2, 0) is 5.41 Å². The van der Waals surface area contributed by atoms with Crippen LogP contribution >= 0.6 is 0 Å². The van der Waals surface area contributed by atoms with Gasteiger partial charge in [0.2, 0.25) is 0 Å². The summed E-state index contributed by atoms with van der Waals surface area (Å²) in [5.74, 6) is 0.203. The van der Waals surface area contributed by atoms with Gasteiger partial charge in [0.25, 0.3) is 0 Å². The number of phenolic OH excluding ortho intramolecular Hbond substituents is 1. The summed E-state index contributed by atoms with van der Waals surface area (Å²) in [6, 6.07) is 14.0. The maximum atomic E-state index is 10.5. The molecule has 0 saturated heterocycles. The van der Waals surface area contributed by atoms with Crippen molar-refractivity contribution in [3.05, 3.63) is 99.5 Å². The zero-order valence-corrected chi connectivity index (χ0v) is 18.7. The van der Waals surface area contributed by atoms with Crippen molar-refractivity contribution in [2.24, 2.45) is 0 Å². The number of aromatic nitrogens is 2. The van der Waals surface area contributed by atoms with Gasteiger partial charge in [-0.2, -0.15) is 0 Å². The van der Waals surface area contributed by atoms with Gasteiger partial charge in [0, 0.05) is 29.3 Å². The van der Waals surface area contributed by atoms with Crippen LogP contribution < -0.4 is 11.5 Å². The van der Waals surface area contributed by atoms with E-state index >= 15 is 0 Å². The van der Waals surface area contributed by atoms with Crippen molar-refractivity contribution in [2.75, 3.05) is 11.5 Å². The Morgan fingerprint density at radius 3 is 1.75 bits per heavy atom. The quantitative estimate of drug-likeness (QED) is 0.350. The minimum atomic E-state index is -0.760. The Morgan fingerprint density at radius 1 is 0.719 bits per heavy atom. The summed E-state index contributed by atoms with van der Waals surface area (Å²) in [7, 11) is 0. The molecular weight excluding hydrogens is 396 g/mol. The molecule has 0 aliphatic heterocycles. The van der Waals surface area contributed by atoms with Gasteiger partial charge in [-0.25, -0.2) is 0 Å². The van der Waals surface area contributed by atoms with E-state index in [0.717, 1.165) is 67.3 Å². The number of nitrogens with two attached hydrogens (primary N) is 2. The van der Waals surface area contributed by atoms with E-state index in [1.54, 1.807) is 18.5 Å². The lowest BCUT2D eigenvalue weighted by Gasteiger charge is -2.34. The lowest BCUT2D eigenvalue weighted by Crippen LogP contribution is -2.30. The highest BCUT2D eigenvalue weighted by Gasteiger charge is 2.49. The van der Waals surface area contributed by atoms with Crippen LogP contribution in [0.4, 0.5) is 11.4 Å². The molecule has 5 heteroatoms. The van der Waals surface area contributed by atoms with E-state index in [9.17, 15) is 5.11 Å². The van der Waals surface area contributed by atoms with Gasteiger partial charge in [-0.15, -0.1) is 0 Å². The van der Waals surface area contributed by atoms with Gasteiger partial charge >= 0.3 is 0 Å². The Bertz CT molecular complexity index is 1300. The molecule has 0 bridgehead atoms. The molecule has 0 spiro atoms. The number of anilines is 2. The number of hydrogen-bond donors (Lipinski definition) is 3. The molecule has 0 fully saturated rings. The summed E-state index contributed by atoms with van der Waals surface area (Å²) >= 11 is 0. The summed E-state index contributed by atoms with van der Waals surface area (Å²) in [6.45, 7) is 8.09. The lowest BCUT2D eigenvalue weighted by molar-refractivity contribution is 0.474. The summed E-state index contributed by atoms with van der Waals surface area (Å²) in [4.78, 5) is 9.57. The third-order valence-electron chi connectivity index (χ3n) is 6.77. The average Bonchev–Trinajstić information content (AvgIpc) is 3.05. The van der Waals surface area contributed by atoms with E-state index in [4.69, 9.17) is 21.4 Å². The standard InChI is InChI=1S/C27H26N4O/c1-14-9-18(10-15(2)23(14)28)27(19-11-16(3)24(29)17(4)12-19)22-13-20(32)5-6-21(22)25-26(27)31-8-7-30-25/h5-13,32H,28-29H2,1-4H3. The molecule has 5 N–H and O–H groups in total. The summed E-state index contributed by atoms with van der Waals surface area (Å²) in [6.07, 6.45) is 3.44. The van der Waals surface area contributed by atoms with E-state index in [0.29, 0.717) is 0 Å². The van der Waals surface area contributed by atoms with Crippen molar-refractivity contribution >= 4 is 11.4 Å². The van der Waals surface area contributed by atoms with Crippen molar-refractivity contribution in [1.82, 2.24) is 9.97 Å². The van der Waals surface area contributed by atoms with Crippen molar-refractivity contribution in [2.45, 2.75) is 33.1 Å². The largest absolute Gasteiger partial charge is 0.508 e. The van der Waals surface area contributed by atoms with Crippen molar-refractivity contribution in [1.29, 1.82) is 0 Å². The second kappa shape index (κ2) is 6.82. The van der Waals surface area contributed by atoms with Crippen LogP contribution in [0.5, 0.6) is 5.75 Å². The first kappa shape index (κ1) is 20.1. The summed E-state index contributed by atoms with van der Waals surface area (Å²) < 4.78 is 0. The van der Waals surface area contributed by atoms with Gasteiger partial charge in [-0.05, 0) is 84.8 Å². The average molecular weight is 423 g/mol. The number of benzene rings is 3. The second-order valence-electron chi connectivity index (χ2n) is 8.78. The molecule has 5 rings (SSSR count). The van der Waals surface area contributed by atoms with Gasteiger partial charge in [0.05, 0.1) is 16.8 Å². The molecule has 1 aliphatic rings. The monoisotopic (exact) mass is 422 g/mol. The van der Waals surface area contributed by atoms with Crippen LogP contribution in [-0.4, -0.2) is 15.1 Å². The lowest BCUT2D eigenvalue weighted by atomic mass is 9.68. The molecule has 1 aliphatic carbocycles. The van der Waals surface area contributed by atoms with Gasteiger partial charge in [-0.3, -0.25) is 9.97 Å². The molecule has 5 nitrogen and oxygen atoms in total.